The van der Waals surface area contributed by atoms with Gasteiger partial charge in [-0.3, -0.25) is 9.59 Å². The normalized spacial score (nSPS) is 11.9. The lowest BCUT2D eigenvalue weighted by Gasteiger charge is -2.15. The number of hydrogen-bond donors (Lipinski definition) is 1. The Kier molecular flexibility index (Phi) is 6.20. The molecule has 0 fully saturated rings. The number of esters is 1. The first-order valence-corrected chi connectivity index (χ1v) is 9.31. The summed E-state index contributed by atoms with van der Waals surface area (Å²) in [5.41, 5.74) is -0.627. The van der Waals surface area contributed by atoms with Crippen LogP contribution >= 0.6 is 11.8 Å². The van der Waals surface area contributed by atoms with Crippen molar-refractivity contribution >= 4 is 17.7 Å². The third-order valence-corrected chi connectivity index (χ3v) is 5.03. The maximum absolute atomic E-state index is 13.0. The Balaban J connectivity index is 1.91. The molecule has 2 heterocycles. The van der Waals surface area contributed by atoms with Crippen LogP contribution in [0.5, 0.6) is 5.75 Å². The van der Waals surface area contributed by atoms with Gasteiger partial charge < -0.3 is 18.7 Å². The van der Waals surface area contributed by atoms with Gasteiger partial charge in [0.25, 0.3) is 0 Å². The zero-order valence-electron chi connectivity index (χ0n) is 14.9. The maximum Gasteiger partial charge on any atom is 0.306 e. The van der Waals surface area contributed by atoms with Gasteiger partial charge in [-0.15, -0.1) is 11.8 Å². The van der Waals surface area contributed by atoms with Crippen LogP contribution in [0.15, 0.2) is 67.3 Å². The van der Waals surface area contributed by atoms with Gasteiger partial charge in [-0.05, 0) is 36.4 Å². The van der Waals surface area contributed by atoms with Crippen molar-refractivity contribution in [1.29, 1.82) is 0 Å². The highest BCUT2D eigenvalue weighted by molar-refractivity contribution is 7.98. The van der Waals surface area contributed by atoms with Gasteiger partial charge in [0, 0.05) is 11.0 Å². The van der Waals surface area contributed by atoms with Crippen molar-refractivity contribution in [2.24, 2.45) is 0 Å². The van der Waals surface area contributed by atoms with E-state index >= 15 is 0 Å². The predicted octanol–water partition coefficient (Wildman–Crippen LogP) is 4.06. The van der Waals surface area contributed by atoms with E-state index in [0.29, 0.717) is 11.5 Å². The highest BCUT2D eigenvalue weighted by Crippen LogP contribution is 2.34. The Labute approximate surface area is 163 Å². The van der Waals surface area contributed by atoms with Crippen LogP contribution in [-0.2, 0) is 15.3 Å². The summed E-state index contributed by atoms with van der Waals surface area (Å²) in [6, 6.07) is 10.3. The van der Waals surface area contributed by atoms with Crippen molar-refractivity contribution < 1.29 is 27.9 Å². The second-order valence-electron chi connectivity index (χ2n) is 5.88. The van der Waals surface area contributed by atoms with Crippen molar-refractivity contribution in [3.63, 3.8) is 0 Å². The molecule has 0 amide bonds. The first-order chi connectivity index (χ1) is 13.5. The van der Waals surface area contributed by atoms with Gasteiger partial charge in [0.05, 0.1) is 31.5 Å². The topological polar surface area (TPSA) is 89.9 Å². The monoisotopic (exact) mass is 404 g/mol. The van der Waals surface area contributed by atoms with E-state index in [0.717, 1.165) is 4.90 Å². The summed E-state index contributed by atoms with van der Waals surface area (Å²) in [6.07, 6.45) is 1.25. The molecule has 0 unspecified atom stereocenters. The minimum Gasteiger partial charge on any atom is -0.502 e. The first-order valence-electron chi connectivity index (χ1n) is 8.32. The van der Waals surface area contributed by atoms with Crippen LogP contribution < -0.4 is 5.43 Å². The molecule has 8 heteroatoms. The van der Waals surface area contributed by atoms with E-state index in [1.165, 1.54) is 43.3 Å². The van der Waals surface area contributed by atoms with E-state index < -0.39 is 23.1 Å². The van der Waals surface area contributed by atoms with Crippen LogP contribution in [0, 0.1) is 5.82 Å². The molecule has 0 saturated carbocycles. The predicted molar refractivity (Wildman–Crippen MR) is 99.8 cm³/mol. The highest BCUT2D eigenvalue weighted by atomic mass is 32.2. The number of aromatic hydroxyl groups is 1. The fraction of sp³-hybridized carbons (Fsp3) is 0.200. The summed E-state index contributed by atoms with van der Waals surface area (Å²) >= 11 is 1.34. The van der Waals surface area contributed by atoms with Gasteiger partial charge in [0.2, 0.25) is 11.2 Å². The molecule has 1 aromatic carbocycles. The molecule has 0 aliphatic carbocycles. The summed E-state index contributed by atoms with van der Waals surface area (Å²) in [5, 5.41) is 10.2. The fourth-order valence-corrected chi connectivity index (χ4v) is 3.39. The Morgan fingerprint density at radius 1 is 1.29 bits per heavy atom. The van der Waals surface area contributed by atoms with Crippen molar-refractivity contribution in [2.45, 2.75) is 23.0 Å². The SMILES string of the molecule is COC(=O)C[C@@H](c1ccco1)c1oc(CSc2ccc(F)cc2)cc(=O)c1O. The lowest BCUT2D eigenvalue weighted by atomic mass is 9.98. The van der Waals surface area contributed by atoms with Crippen molar-refractivity contribution in [3.8, 4) is 5.75 Å². The molecule has 0 aliphatic heterocycles. The molecule has 3 rings (SSSR count). The second kappa shape index (κ2) is 8.79. The summed E-state index contributed by atoms with van der Waals surface area (Å²) in [6.45, 7) is 0. The number of carbonyl (C=O) groups is 1. The lowest BCUT2D eigenvalue weighted by Crippen LogP contribution is -2.13. The van der Waals surface area contributed by atoms with E-state index in [4.69, 9.17) is 13.6 Å². The van der Waals surface area contributed by atoms with Gasteiger partial charge in [0.15, 0.2) is 5.76 Å². The minimum atomic E-state index is -0.814. The molecular weight excluding hydrogens is 387 g/mol. The molecular formula is C20H17FO6S. The number of thioether (sulfide) groups is 1. The molecule has 1 N–H and O–H groups in total. The van der Waals surface area contributed by atoms with Crippen LogP contribution in [0.4, 0.5) is 4.39 Å². The molecule has 2 aromatic heterocycles. The van der Waals surface area contributed by atoms with E-state index in [1.807, 2.05) is 0 Å². The third-order valence-electron chi connectivity index (χ3n) is 4.00. The largest absolute Gasteiger partial charge is 0.502 e. The van der Waals surface area contributed by atoms with Crippen LogP contribution in [0.1, 0.15) is 29.6 Å². The molecule has 0 aliphatic rings. The van der Waals surface area contributed by atoms with Gasteiger partial charge >= 0.3 is 5.97 Å². The number of ether oxygens (including phenoxy) is 1. The number of benzene rings is 1. The molecule has 0 saturated heterocycles. The number of carbonyl (C=O) groups excluding carboxylic acids is 1. The van der Waals surface area contributed by atoms with Gasteiger partial charge in [-0.2, -0.15) is 0 Å². The zero-order chi connectivity index (χ0) is 20.1. The second-order valence-corrected chi connectivity index (χ2v) is 6.93. The Bertz CT molecular complexity index is 995. The number of methoxy groups -OCH3 is 1. The molecule has 3 aromatic rings. The van der Waals surface area contributed by atoms with E-state index in [-0.39, 0.29) is 23.8 Å². The average molecular weight is 404 g/mol. The van der Waals surface area contributed by atoms with Crippen molar-refractivity contribution in [2.75, 3.05) is 7.11 Å². The maximum atomic E-state index is 13.0. The fourth-order valence-electron chi connectivity index (χ4n) is 2.61. The van der Waals surface area contributed by atoms with Gasteiger partial charge in [0.1, 0.15) is 17.3 Å². The number of halogens is 1. The summed E-state index contributed by atoms with van der Waals surface area (Å²) < 4.78 is 28.8. The third kappa shape index (κ3) is 4.64. The van der Waals surface area contributed by atoms with E-state index in [9.17, 15) is 19.1 Å². The van der Waals surface area contributed by atoms with E-state index in [2.05, 4.69) is 0 Å². The molecule has 0 spiro atoms. The first kappa shape index (κ1) is 19.8. The number of hydrogen-bond acceptors (Lipinski definition) is 7. The lowest BCUT2D eigenvalue weighted by molar-refractivity contribution is -0.141. The van der Waals surface area contributed by atoms with Crippen LogP contribution in [0.25, 0.3) is 0 Å². The van der Waals surface area contributed by atoms with Crippen molar-refractivity contribution in [3.05, 3.63) is 82.0 Å². The standard InChI is InChI=1S/C20H17FO6S/c1-25-18(23)10-15(17-3-2-8-26-17)20-19(24)16(22)9-13(27-20)11-28-14-6-4-12(21)5-7-14/h2-9,15,24H,10-11H2,1H3/t15-/m0/s1. The molecule has 0 bridgehead atoms. The average Bonchev–Trinajstić information content (AvgIpc) is 3.22. The quantitative estimate of drug-likeness (QED) is 0.469. The van der Waals surface area contributed by atoms with Crippen LogP contribution in [0.2, 0.25) is 0 Å². The molecule has 0 radical (unpaired) electrons. The minimum absolute atomic E-state index is 0.0671. The zero-order valence-corrected chi connectivity index (χ0v) is 15.7. The Morgan fingerprint density at radius 2 is 2.04 bits per heavy atom. The molecule has 146 valence electrons. The van der Waals surface area contributed by atoms with E-state index in [1.54, 1.807) is 24.3 Å². The summed E-state index contributed by atoms with van der Waals surface area (Å²) in [5.74, 6) is -1.42. The molecule has 6 nitrogen and oxygen atoms in total. The smallest absolute Gasteiger partial charge is 0.306 e. The molecule has 1 atom stereocenters. The highest BCUT2D eigenvalue weighted by Gasteiger charge is 2.28. The number of furan rings is 1. The summed E-state index contributed by atoms with van der Waals surface area (Å²) in [7, 11) is 1.24. The van der Waals surface area contributed by atoms with Gasteiger partial charge in [-0.25, -0.2) is 4.39 Å². The Morgan fingerprint density at radius 3 is 2.68 bits per heavy atom. The van der Waals surface area contributed by atoms with Gasteiger partial charge in [-0.1, -0.05) is 0 Å². The molecule has 28 heavy (non-hydrogen) atoms. The summed E-state index contributed by atoms with van der Waals surface area (Å²) in [4.78, 5) is 24.8. The Hall–Kier alpha value is -3.00. The number of rotatable bonds is 7. The van der Waals surface area contributed by atoms with Crippen LogP contribution in [-0.4, -0.2) is 18.2 Å². The van der Waals surface area contributed by atoms with Crippen molar-refractivity contribution in [1.82, 2.24) is 0 Å². The van der Waals surface area contributed by atoms with Crippen LogP contribution in [0.3, 0.4) is 0 Å².